The smallest absolute Gasteiger partial charge is 0.305 e. The molecule has 1 heterocycles. The fraction of sp³-hybridized carbons (Fsp3) is 0.500. The Morgan fingerprint density at radius 2 is 1.88 bits per heavy atom. The third-order valence-corrected chi connectivity index (χ3v) is 7.07. The zero-order chi connectivity index (χ0) is 23.1. The van der Waals surface area contributed by atoms with Crippen molar-refractivity contribution in [3.8, 4) is 0 Å². The van der Waals surface area contributed by atoms with Gasteiger partial charge in [0, 0.05) is 12.7 Å². The number of carboxylic acids is 1. The van der Waals surface area contributed by atoms with Crippen LogP contribution >= 0.6 is 0 Å². The Morgan fingerprint density at radius 1 is 1.19 bits per heavy atom. The number of carbonyl (C=O) groups is 2. The Kier molecular flexibility index (Phi) is 7.89. The number of amides is 1. The maximum absolute atomic E-state index is 13.0. The lowest BCUT2D eigenvalue weighted by atomic mass is 9.91. The largest absolute Gasteiger partial charge is 0.481 e. The summed E-state index contributed by atoms with van der Waals surface area (Å²) in [4.78, 5) is 24.4. The molecule has 0 unspecified atom stereocenters. The van der Waals surface area contributed by atoms with Gasteiger partial charge in [0.15, 0.2) is 5.69 Å². The summed E-state index contributed by atoms with van der Waals surface area (Å²) in [6.07, 6.45) is 6.15. The fourth-order valence-corrected chi connectivity index (χ4v) is 5.56. The molecular weight excluding hydrogens is 432 g/mol. The van der Waals surface area contributed by atoms with Gasteiger partial charge in [0.05, 0.1) is 23.9 Å². The molecule has 3 rings (SSSR count). The summed E-state index contributed by atoms with van der Waals surface area (Å²) in [5, 5.41) is 16.2. The van der Waals surface area contributed by atoms with Crippen LogP contribution in [-0.4, -0.2) is 40.9 Å². The number of anilines is 1. The summed E-state index contributed by atoms with van der Waals surface area (Å²) < 4.78 is 29.6. The van der Waals surface area contributed by atoms with E-state index < -0.39 is 27.9 Å². The van der Waals surface area contributed by atoms with Crippen LogP contribution in [0.3, 0.4) is 0 Å². The lowest BCUT2D eigenvalue weighted by Crippen LogP contribution is -2.31. The van der Waals surface area contributed by atoms with E-state index in [1.807, 2.05) is 6.92 Å². The first-order valence-corrected chi connectivity index (χ1v) is 12.6. The van der Waals surface area contributed by atoms with Crippen molar-refractivity contribution in [2.24, 2.45) is 5.92 Å². The molecule has 32 heavy (non-hydrogen) atoms. The second-order valence-electron chi connectivity index (χ2n) is 8.17. The van der Waals surface area contributed by atoms with Gasteiger partial charge in [-0.05, 0) is 31.2 Å². The van der Waals surface area contributed by atoms with E-state index in [-0.39, 0.29) is 29.5 Å². The zero-order valence-corrected chi connectivity index (χ0v) is 19.0. The molecule has 0 bridgehead atoms. The third-order valence-electron chi connectivity index (χ3n) is 5.63. The second kappa shape index (κ2) is 10.6. The number of aryl methyl sites for hydroxylation is 1. The molecule has 1 aromatic heterocycles. The monoisotopic (exact) mass is 462 g/mol. The number of aliphatic carboxylic acids is 1. The van der Waals surface area contributed by atoms with Crippen LogP contribution in [0.15, 0.2) is 36.5 Å². The Hall–Kier alpha value is -2.88. The van der Waals surface area contributed by atoms with Gasteiger partial charge < -0.3 is 10.4 Å². The van der Waals surface area contributed by atoms with Crippen LogP contribution < -0.4 is 10.0 Å². The Bertz CT molecular complexity index is 1030. The number of aromatic nitrogens is 2. The lowest BCUT2D eigenvalue weighted by molar-refractivity contribution is -0.137. The van der Waals surface area contributed by atoms with Crippen LogP contribution in [0, 0.1) is 5.92 Å². The van der Waals surface area contributed by atoms with Crippen LogP contribution in [0.5, 0.6) is 0 Å². The maximum Gasteiger partial charge on any atom is 0.305 e. The van der Waals surface area contributed by atoms with E-state index >= 15 is 0 Å². The van der Waals surface area contributed by atoms with Gasteiger partial charge >= 0.3 is 5.97 Å². The number of carboxylic acid groups (broad SMARTS) is 1. The van der Waals surface area contributed by atoms with Gasteiger partial charge in [-0.15, -0.1) is 0 Å². The predicted octanol–water partition coefficient (Wildman–Crippen LogP) is 3.17. The van der Waals surface area contributed by atoms with E-state index in [0.29, 0.717) is 12.1 Å². The van der Waals surface area contributed by atoms with Gasteiger partial charge in [-0.3, -0.25) is 19.0 Å². The predicted molar refractivity (Wildman–Crippen MR) is 121 cm³/mol. The summed E-state index contributed by atoms with van der Waals surface area (Å²) >= 11 is 0. The highest BCUT2D eigenvalue weighted by atomic mass is 32.2. The number of rotatable bonds is 10. The molecule has 9 nitrogen and oxygen atoms in total. The summed E-state index contributed by atoms with van der Waals surface area (Å²) in [6, 6.07) is 7.99. The minimum Gasteiger partial charge on any atom is -0.481 e. The summed E-state index contributed by atoms with van der Waals surface area (Å²) in [7, 11) is -3.66. The normalized spacial score (nSPS) is 15.8. The SMILES string of the molecule is CCn1cc(NS(=O)(=O)CC2CCCCC2)c(C(=O)N[C@@H](CC(=O)O)c2ccccc2)n1. The molecule has 1 saturated carbocycles. The van der Waals surface area contributed by atoms with Gasteiger partial charge in [0.2, 0.25) is 10.0 Å². The van der Waals surface area contributed by atoms with Crippen molar-refractivity contribution in [3.05, 3.63) is 47.8 Å². The van der Waals surface area contributed by atoms with E-state index in [4.69, 9.17) is 0 Å². The van der Waals surface area contributed by atoms with Crippen LogP contribution in [-0.2, 0) is 21.4 Å². The molecule has 10 heteroatoms. The van der Waals surface area contributed by atoms with Gasteiger partial charge in [0.1, 0.15) is 0 Å². The number of benzene rings is 1. The number of nitrogens with zero attached hydrogens (tertiary/aromatic N) is 2. The molecule has 0 spiro atoms. The topological polar surface area (TPSA) is 130 Å². The van der Waals surface area contributed by atoms with E-state index in [0.717, 1.165) is 32.1 Å². The summed E-state index contributed by atoms with van der Waals surface area (Å²) in [6.45, 7) is 2.27. The van der Waals surface area contributed by atoms with Crippen LogP contribution in [0.25, 0.3) is 0 Å². The molecule has 1 aliphatic carbocycles. The van der Waals surface area contributed by atoms with Gasteiger partial charge in [-0.2, -0.15) is 5.10 Å². The first-order chi connectivity index (χ1) is 15.3. The average Bonchev–Trinajstić information content (AvgIpc) is 3.16. The zero-order valence-electron chi connectivity index (χ0n) is 18.2. The molecular formula is C22H30N4O5S. The standard InChI is InChI=1S/C22H30N4O5S/c1-2-26-14-19(25-32(30,31)15-16-9-5-3-6-10-16)21(24-26)22(29)23-18(13-20(27)28)17-11-7-4-8-12-17/h4,7-8,11-12,14,16,18,25H,2-3,5-6,9-10,13,15H2,1H3,(H,23,29)(H,27,28)/t18-/m0/s1. The van der Waals surface area contributed by atoms with E-state index in [1.165, 1.54) is 10.9 Å². The molecule has 0 radical (unpaired) electrons. The minimum absolute atomic E-state index is 0.0109. The highest BCUT2D eigenvalue weighted by molar-refractivity contribution is 7.92. The second-order valence-corrected chi connectivity index (χ2v) is 9.94. The van der Waals surface area contributed by atoms with Crippen molar-refractivity contribution in [1.82, 2.24) is 15.1 Å². The number of carbonyl (C=O) groups excluding carboxylic acids is 1. The maximum atomic E-state index is 13.0. The summed E-state index contributed by atoms with van der Waals surface area (Å²) in [5.41, 5.74) is 0.658. The highest BCUT2D eigenvalue weighted by Gasteiger charge is 2.27. The Labute approximate surface area is 188 Å². The molecule has 0 saturated heterocycles. The number of sulfonamides is 1. The fourth-order valence-electron chi connectivity index (χ4n) is 4.04. The quantitative estimate of drug-likeness (QED) is 0.497. The van der Waals surface area contributed by atoms with Crippen molar-refractivity contribution in [3.63, 3.8) is 0 Å². The average molecular weight is 463 g/mol. The van der Waals surface area contributed by atoms with Gasteiger partial charge in [-0.25, -0.2) is 8.42 Å². The van der Waals surface area contributed by atoms with Crippen LogP contribution in [0.1, 0.15) is 67.5 Å². The molecule has 2 aromatic rings. The molecule has 1 fully saturated rings. The van der Waals surface area contributed by atoms with Crippen molar-refractivity contribution in [2.45, 2.75) is 58.0 Å². The Morgan fingerprint density at radius 3 is 2.50 bits per heavy atom. The lowest BCUT2D eigenvalue weighted by Gasteiger charge is -2.21. The molecule has 1 atom stereocenters. The van der Waals surface area contributed by atoms with Crippen molar-refractivity contribution < 1.29 is 23.1 Å². The van der Waals surface area contributed by atoms with Gasteiger partial charge in [-0.1, -0.05) is 49.6 Å². The van der Waals surface area contributed by atoms with E-state index in [1.54, 1.807) is 30.3 Å². The minimum atomic E-state index is -3.66. The van der Waals surface area contributed by atoms with Crippen LogP contribution in [0.4, 0.5) is 5.69 Å². The molecule has 3 N–H and O–H groups in total. The number of hydrogen-bond acceptors (Lipinski definition) is 5. The molecule has 174 valence electrons. The molecule has 1 aromatic carbocycles. The van der Waals surface area contributed by atoms with Crippen molar-refractivity contribution in [1.29, 1.82) is 0 Å². The number of nitrogens with one attached hydrogen (secondary N) is 2. The van der Waals surface area contributed by atoms with Crippen molar-refractivity contribution >= 4 is 27.6 Å². The van der Waals surface area contributed by atoms with Gasteiger partial charge in [0.25, 0.3) is 5.91 Å². The first kappa shape index (κ1) is 23.8. The highest BCUT2D eigenvalue weighted by Crippen LogP contribution is 2.26. The first-order valence-electron chi connectivity index (χ1n) is 10.9. The molecule has 1 aliphatic rings. The van der Waals surface area contributed by atoms with E-state index in [9.17, 15) is 23.1 Å². The number of hydrogen-bond donors (Lipinski definition) is 3. The molecule has 1 amide bonds. The molecule has 0 aliphatic heterocycles. The van der Waals surface area contributed by atoms with Crippen molar-refractivity contribution in [2.75, 3.05) is 10.5 Å². The third kappa shape index (κ3) is 6.56. The summed E-state index contributed by atoms with van der Waals surface area (Å²) in [5.74, 6) is -1.58. The van der Waals surface area contributed by atoms with E-state index in [2.05, 4.69) is 15.1 Å². The van der Waals surface area contributed by atoms with Crippen LogP contribution in [0.2, 0.25) is 0 Å². The Balaban J connectivity index is 1.79.